The van der Waals surface area contributed by atoms with Crippen LogP contribution in [0.2, 0.25) is 0 Å². The number of benzene rings is 1. The van der Waals surface area contributed by atoms with Crippen LogP contribution in [-0.2, 0) is 4.79 Å². The number of aromatic nitrogens is 3. The van der Waals surface area contributed by atoms with Gasteiger partial charge in [-0.25, -0.2) is 9.67 Å². The average Bonchev–Trinajstić information content (AvgIpc) is 3.21. The van der Waals surface area contributed by atoms with Crippen molar-refractivity contribution < 1.29 is 9.59 Å². The van der Waals surface area contributed by atoms with Gasteiger partial charge in [-0.2, -0.15) is 5.10 Å². The van der Waals surface area contributed by atoms with Crippen LogP contribution >= 0.6 is 0 Å². The molecule has 1 aromatic carbocycles. The van der Waals surface area contributed by atoms with Gasteiger partial charge in [0, 0.05) is 25.2 Å². The molecule has 3 rings (SSSR count). The lowest BCUT2D eigenvalue weighted by Crippen LogP contribution is -2.42. The summed E-state index contributed by atoms with van der Waals surface area (Å²) in [6.07, 6.45) is 4.76. The molecule has 0 radical (unpaired) electrons. The lowest BCUT2D eigenvalue weighted by atomic mass is 9.96. The third kappa shape index (κ3) is 4.23. The summed E-state index contributed by atoms with van der Waals surface area (Å²) in [6.45, 7) is 3.89. The Labute approximate surface area is 147 Å². The first-order chi connectivity index (χ1) is 12.1. The molecular weight excluding hydrogens is 318 g/mol. The lowest BCUT2D eigenvalue weighted by molar-refractivity contribution is -0.124. The van der Waals surface area contributed by atoms with Gasteiger partial charge in [-0.1, -0.05) is 18.2 Å². The molecule has 1 aliphatic heterocycles. The van der Waals surface area contributed by atoms with Crippen LogP contribution in [0.25, 0.3) is 0 Å². The topological polar surface area (TPSA) is 80.1 Å². The molecule has 1 atom stereocenters. The van der Waals surface area contributed by atoms with Crippen LogP contribution in [0.4, 0.5) is 0 Å². The van der Waals surface area contributed by atoms with Crippen molar-refractivity contribution in [1.82, 2.24) is 25.0 Å². The van der Waals surface area contributed by atoms with Crippen molar-refractivity contribution >= 4 is 11.8 Å². The number of nitrogens with one attached hydrogen (secondary N) is 1. The van der Waals surface area contributed by atoms with E-state index >= 15 is 0 Å². The van der Waals surface area contributed by atoms with Gasteiger partial charge in [-0.3, -0.25) is 9.59 Å². The molecule has 0 spiro atoms. The molecule has 1 N–H and O–H groups in total. The van der Waals surface area contributed by atoms with E-state index in [1.807, 2.05) is 35.2 Å². The quantitative estimate of drug-likeness (QED) is 0.894. The van der Waals surface area contributed by atoms with Gasteiger partial charge in [-0.05, 0) is 37.8 Å². The van der Waals surface area contributed by atoms with Crippen LogP contribution in [0.15, 0.2) is 43.0 Å². The highest BCUT2D eigenvalue weighted by molar-refractivity contribution is 5.94. The predicted octanol–water partition coefficient (Wildman–Crippen LogP) is 1.51. The van der Waals surface area contributed by atoms with Gasteiger partial charge in [-0.15, -0.1) is 0 Å². The summed E-state index contributed by atoms with van der Waals surface area (Å²) in [7, 11) is 0. The zero-order valence-corrected chi connectivity index (χ0v) is 14.3. The van der Waals surface area contributed by atoms with Crippen LogP contribution in [0, 0.1) is 5.92 Å². The Morgan fingerprint density at radius 1 is 1.24 bits per heavy atom. The molecule has 132 valence electrons. The summed E-state index contributed by atoms with van der Waals surface area (Å²) < 4.78 is 1.54. The number of amides is 2. The molecule has 1 fully saturated rings. The lowest BCUT2D eigenvalue weighted by Gasteiger charge is -2.32. The van der Waals surface area contributed by atoms with E-state index in [-0.39, 0.29) is 17.9 Å². The molecule has 1 unspecified atom stereocenters. The Hall–Kier alpha value is -2.70. The number of carbonyl (C=O) groups excluding carboxylic acids is 2. The Morgan fingerprint density at radius 3 is 2.60 bits per heavy atom. The highest BCUT2D eigenvalue weighted by atomic mass is 16.2. The first-order valence-corrected chi connectivity index (χ1v) is 8.61. The summed E-state index contributed by atoms with van der Waals surface area (Å²) in [5, 5.41) is 6.98. The molecule has 7 nitrogen and oxygen atoms in total. The van der Waals surface area contributed by atoms with Crippen molar-refractivity contribution in [2.45, 2.75) is 25.8 Å². The monoisotopic (exact) mass is 341 g/mol. The molecule has 0 bridgehead atoms. The molecule has 2 aromatic rings. The minimum Gasteiger partial charge on any atom is -0.354 e. The second-order valence-corrected chi connectivity index (χ2v) is 6.40. The molecule has 2 amide bonds. The van der Waals surface area contributed by atoms with Crippen molar-refractivity contribution in [3.63, 3.8) is 0 Å². The summed E-state index contributed by atoms with van der Waals surface area (Å²) in [5.74, 6) is 0.419. The summed E-state index contributed by atoms with van der Waals surface area (Å²) in [6, 6.07) is 8.99. The van der Waals surface area contributed by atoms with Gasteiger partial charge in [0.15, 0.2) is 0 Å². The van der Waals surface area contributed by atoms with E-state index < -0.39 is 0 Å². The van der Waals surface area contributed by atoms with Crippen LogP contribution in [0.5, 0.6) is 0 Å². The maximum Gasteiger partial charge on any atom is 0.253 e. The largest absolute Gasteiger partial charge is 0.354 e. The molecule has 0 saturated carbocycles. The molecule has 2 heterocycles. The Balaban J connectivity index is 1.43. The molecule has 1 saturated heterocycles. The van der Waals surface area contributed by atoms with Crippen LogP contribution in [0.3, 0.4) is 0 Å². The van der Waals surface area contributed by atoms with Crippen molar-refractivity contribution in [2.24, 2.45) is 5.92 Å². The SMILES string of the molecule is CC(C(=O)NCC1CCN(C(=O)c2ccccc2)CC1)n1cncn1. The number of hydrogen-bond donors (Lipinski definition) is 1. The number of rotatable bonds is 5. The minimum atomic E-state index is -0.373. The van der Waals surface area contributed by atoms with Crippen LogP contribution in [-0.4, -0.2) is 51.1 Å². The molecule has 1 aliphatic rings. The van der Waals surface area contributed by atoms with Gasteiger partial charge < -0.3 is 10.2 Å². The fourth-order valence-electron chi connectivity index (χ4n) is 3.03. The standard InChI is InChI=1S/C18H23N5O2/c1-14(23-13-19-12-21-23)17(24)20-11-15-7-9-22(10-8-15)18(25)16-5-3-2-4-6-16/h2-6,12-15H,7-11H2,1H3,(H,20,24). The molecular formula is C18H23N5O2. The number of likely N-dealkylation sites (tertiary alicyclic amines) is 1. The van der Waals surface area contributed by atoms with E-state index in [0.717, 1.165) is 31.5 Å². The summed E-state index contributed by atoms with van der Waals surface area (Å²) >= 11 is 0. The van der Waals surface area contributed by atoms with Crippen molar-refractivity contribution in [3.05, 3.63) is 48.5 Å². The number of hydrogen-bond acceptors (Lipinski definition) is 4. The number of carbonyl (C=O) groups is 2. The normalized spacial score (nSPS) is 16.4. The summed E-state index contributed by atoms with van der Waals surface area (Å²) in [4.78, 5) is 30.4. The Kier molecular flexibility index (Phi) is 5.42. The third-order valence-electron chi connectivity index (χ3n) is 4.70. The zero-order valence-electron chi connectivity index (χ0n) is 14.3. The van der Waals surface area contributed by atoms with E-state index in [2.05, 4.69) is 15.4 Å². The van der Waals surface area contributed by atoms with Gasteiger partial charge in [0.1, 0.15) is 18.7 Å². The van der Waals surface area contributed by atoms with Gasteiger partial charge in [0.2, 0.25) is 5.91 Å². The van der Waals surface area contributed by atoms with E-state index in [4.69, 9.17) is 0 Å². The predicted molar refractivity (Wildman–Crippen MR) is 92.8 cm³/mol. The summed E-state index contributed by atoms with van der Waals surface area (Å²) in [5.41, 5.74) is 0.732. The van der Waals surface area contributed by atoms with Crippen molar-refractivity contribution in [1.29, 1.82) is 0 Å². The number of nitrogens with zero attached hydrogens (tertiary/aromatic N) is 4. The average molecular weight is 341 g/mol. The van der Waals surface area contributed by atoms with E-state index in [0.29, 0.717) is 12.5 Å². The second kappa shape index (κ2) is 7.92. The van der Waals surface area contributed by atoms with Gasteiger partial charge >= 0.3 is 0 Å². The smallest absolute Gasteiger partial charge is 0.253 e. The highest BCUT2D eigenvalue weighted by Crippen LogP contribution is 2.18. The maximum absolute atomic E-state index is 12.4. The van der Waals surface area contributed by atoms with Gasteiger partial charge in [0.05, 0.1) is 0 Å². The third-order valence-corrected chi connectivity index (χ3v) is 4.70. The van der Waals surface area contributed by atoms with Crippen LogP contribution < -0.4 is 5.32 Å². The Morgan fingerprint density at radius 2 is 1.96 bits per heavy atom. The second-order valence-electron chi connectivity index (χ2n) is 6.40. The minimum absolute atomic E-state index is 0.0618. The molecule has 1 aromatic heterocycles. The molecule has 25 heavy (non-hydrogen) atoms. The Bertz CT molecular complexity index is 694. The van der Waals surface area contributed by atoms with E-state index in [9.17, 15) is 9.59 Å². The zero-order chi connectivity index (χ0) is 17.6. The van der Waals surface area contributed by atoms with E-state index in [1.54, 1.807) is 6.92 Å². The first kappa shape index (κ1) is 17.1. The molecule has 0 aliphatic carbocycles. The fraction of sp³-hybridized carbons (Fsp3) is 0.444. The first-order valence-electron chi connectivity index (χ1n) is 8.61. The number of piperidine rings is 1. The van der Waals surface area contributed by atoms with Crippen molar-refractivity contribution in [2.75, 3.05) is 19.6 Å². The highest BCUT2D eigenvalue weighted by Gasteiger charge is 2.24. The van der Waals surface area contributed by atoms with E-state index in [1.165, 1.54) is 17.3 Å². The van der Waals surface area contributed by atoms with Gasteiger partial charge in [0.25, 0.3) is 5.91 Å². The maximum atomic E-state index is 12.4. The molecule has 7 heteroatoms. The fourth-order valence-corrected chi connectivity index (χ4v) is 3.03. The van der Waals surface area contributed by atoms with Crippen molar-refractivity contribution in [3.8, 4) is 0 Å². The van der Waals surface area contributed by atoms with Crippen LogP contribution in [0.1, 0.15) is 36.2 Å².